The van der Waals surface area contributed by atoms with Crippen molar-refractivity contribution in [3.63, 3.8) is 0 Å². The summed E-state index contributed by atoms with van der Waals surface area (Å²) in [6.45, 7) is 0.260. The number of fused-ring (bicyclic) bond motifs is 1. The van der Waals surface area contributed by atoms with E-state index in [1.165, 1.54) is 9.13 Å². The molecule has 5 nitrogen and oxygen atoms in total. The molecule has 74 valence electrons. The van der Waals surface area contributed by atoms with Crippen LogP contribution in [0.25, 0.3) is 11.2 Å². The van der Waals surface area contributed by atoms with Gasteiger partial charge >= 0.3 is 5.69 Å². The highest BCUT2D eigenvalue weighted by molar-refractivity contribution is 5.71. The van der Waals surface area contributed by atoms with Gasteiger partial charge in [0.05, 0.1) is 18.7 Å². The summed E-state index contributed by atoms with van der Waals surface area (Å²) in [7, 11) is 1.67. The van der Waals surface area contributed by atoms with Crippen LogP contribution in [0.15, 0.2) is 23.1 Å². The van der Waals surface area contributed by atoms with Gasteiger partial charge in [-0.05, 0) is 12.1 Å². The molecule has 0 atom stereocenters. The summed E-state index contributed by atoms with van der Waals surface area (Å²) in [5.41, 5.74) is 1.26. The first-order valence-corrected chi connectivity index (χ1v) is 4.37. The number of imidazole rings is 1. The average Bonchev–Trinajstić information content (AvgIpc) is 2.45. The summed E-state index contributed by atoms with van der Waals surface area (Å²) in [6, 6.07) is 3.59. The lowest BCUT2D eigenvalue weighted by Gasteiger charge is -1.97. The molecule has 0 aromatic carbocycles. The lowest BCUT2D eigenvalue weighted by atomic mass is 10.4. The Morgan fingerprint density at radius 1 is 1.57 bits per heavy atom. The molecule has 0 fully saturated rings. The van der Waals surface area contributed by atoms with Crippen LogP contribution >= 0.6 is 0 Å². The third-order valence-corrected chi connectivity index (χ3v) is 2.22. The normalized spacial score (nSPS) is 11.0. The molecule has 2 heterocycles. The van der Waals surface area contributed by atoms with Crippen molar-refractivity contribution < 1.29 is 5.11 Å². The van der Waals surface area contributed by atoms with E-state index in [2.05, 4.69) is 4.98 Å². The minimum Gasteiger partial charge on any atom is -0.395 e. The zero-order chi connectivity index (χ0) is 10.1. The van der Waals surface area contributed by atoms with Crippen LogP contribution in [0.1, 0.15) is 0 Å². The van der Waals surface area contributed by atoms with Crippen molar-refractivity contribution in [1.82, 2.24) is 14.1 Å². The number of hydrogen-bond donors (Lipinski definition) is 1. The SMILES string of the molecule is Cn1c(=O)n(CCO)c2cccnc21. The summed E-state index contributed by atoms with van der Waals surface area (Å²) in [5, 5.41) is 8.82. The second kappa shape index (κ2) is 3.26. The van der Waals surface area contributed by atoms with E-state index in [4.69, 9.17) is 5.11 Å². The average molecular weight is 193 g/mol. The predicted molar refractivity (Wildman–Crippen MR) is 52.1 cm³/mol. The van der Waals surface area contributed by atoms with Crippen molar-refractivity contribution in [3.05, 3.63) is 28.8 Å². The number of pyridine rings is 1. The molecule has 0 aliphatic heterocycles. The van der Waals surface area contributed by atoms with Crippen LogP contribution in [0, 0.1) is 0 Å². The standard InChI is InChI=1S/C9H11N3O2/c1-11-8-7(3-2-4-10-8)12(5-6-13)9(11)14/h2-4,13H,5-6H2,1H3. The first-order valence-electron chi connectivity index (χ1n) is 4.37. The molecular weight excluding hydrogens is 182 g/mol. The van der Waals surface area contributed by atoms with Crippen molar-refractivity contribution in [2.24, 2.45) is 7.05 Å². The molecule has 0 bridgehead atoms. The van der Waals surface area contributed by atoms with Crippen LogP contribution in [0.4, 0.5) is 0 Å². The van der Waals surface area contributed by atoms with Gasteiger partial charge in [-0.25, -0.2) is 9.78 Å². The van der Waals surface area contributed by atoms with E-state index in [9.17, 15) is 4.79 Å². The third-order valence-electron chi connectivity index (χ3n) is 2.22. The zero-order valence-corrected chi connectivity index (χ0v) is 7.84. The molecule has 1 N–H and O–H groups in total. The van der Waals surface area contributed by atoms with Gasteiger partial charge in [-0.2, -0.15) is 0 Å². The molecule has 5 heteroatoms. The van der Waals surface area contributed by atoms with Crippen molar-refractivity contribution >= 4 is 11.2 Å². The fraction of sp³-hybridized carbons (Fsp3) is 0.333. The van der Waals surface area contributed by atoms with E-state index in [0.717, 1.165) is 5.52 Å². The zero-order valence-electron chi connectivity index (χ0n) is 7.84. The fourth-order valence-corrected chi connectivity index (χ4v) is 1.55. The van der Waals surface area contributed by atoms with E-state index in [1.807, 2.05) is 6.07 Å². The van der Waals surface area contributed by atoms with Gasteiger partial charge in [0.2, 0.25) is 0 Å². The number of rotatable bonds is 2. The van der Waals surface area contributed by atoms with Crippen LogP contribution in [0.5, 0.6) is 0 Å². The largest absolute Gasteiger partial charge is 0.395 e. The molecule has 0 amide bonds. The predicted octanol–water partition coefficient (Wildman–Crippen LogP) is -0.273. The van der Waals surface area contributed by atoms with Gasteiger partial charge in [0.25, 0.3) is 0 Å². The monoisotopic (exact) mass is 193 g/mol. The van der Waals surface area contributed by atoms with E-state index in [-0.39, 0.29) is 12.3 Å². The van der Waals surface area contributed by atoms with Crippen LogP contribution in [-0.4, -0.2) is 25.8 Å². The number of aryl methyl sites for hydroxylation is 1. The lowest BCUT2D eigenvalue weighted by molar-refractivity contribution is 0.275. The van der Waals surface area contributed by atoms with E-state index in [0.29, 0.717) is 12.2 Å². The number of aliphatic hydroxyl groups excluding tert-OH is 1. The van der Waals surface area contributed by atoms with E-state index < -0.39 is 0 Å². The summed E-state index contributed by atoms with van der Waals surface area (Å²) in [6.07, 6.45) is 1.64. The Morgan fingerprint density at radius 2 is 2.36 bits per heavy atom. The van der Waals surface area contributed by atoms with E-state index >= 15 is 0 Å². The Kier molecular flexibility index (Phi) is 2.09. The molecule has 0 saturated heterocycles. The van der Waals surface area contributed by atoms with Gasteiger partial charge in [-0.15, -0.1) is 0 Å². The van der Waals surface area contributed by atoms with Gasteiger partial charge in [0.1, 0.15) is 0 Å². The maximum atomic E-state index is 11.7. The Bertz CT molecular complexity index is 512. The molecule has 14 heavy (non-hydrogen) atoms. The quantitative estimate of drug-likeness (QED) is 0.714. The van der Waals surface area contributed by atoms with Crippen LogP contribution in [0.2, 0.25) is 0 Å². The molecule has 0 aliphatic rings. The maximum absolute atomic E-state index is 11.7. The highest BCUT2D eigenvalue weighted by atomic mass is 16.3. The summed E-state index contributed by atoms with van der Waals surface area (Å²) in [4.78, 5) is 15.8. The highest BCUT2D eigenvalue weighted by Crippen LogP contribution is 2.07. The third kappa shape index (κ3) is 1.13. The van der Waals surface area contributed by atoms with Crippen LogP contribution in [0.3, 0.4) is 0 Å². The number of aromatic nitrogens is 3. The van der Waals surface area contributed by atoms with Gasteiger partial charge < -0.3 is 5.11 Å². The van der Waals surface area contributed by atoms with Crippen molar-refractivity contribution in [2.75, 3.05) is 6.61 Å². The van der Waals surface area contributed by atoms with Gasteiger partial charge in [-0.1, -0.05) is 0 Å². The Morgan fingerprint density at radius 3 is 3.07 bits per heavy atom. The first-order chi connectivity index (χ1) is 6.75. The smallest absolute Gasteiger partial charge is 0.330 e. The van der Waals surface area contributed by atoms with Crippen LogP contribution < -0.4 is 5.69 Å². The Hall–Kier alpha value is -1.62. The van der Waals surface area contributed by atoms with Gasteiger partial charge in [-0.3, -0.25) is 9.13 Å². The Labute approximate surface area is 80.2 Å². The molecule has 0 saturated carbocycles. The molecule has 0 radical (unpaired) electrons. The minimum absolute atomic E-state index is 0.0477. The number of aliphatic hydroxyl groups is 1. The summed E-state index contributed by atoms with van der Waals surface area (Å²) >= 11 is 0. The summed E-state index contributed by atoms with van der Waals surface area (Å²) < 4.78 is 2.99. The molecule has 0 spiro atoms. The molecule has 2 aromatic heterocycles. The van der Waals surface area contributed by atoms with Gasteiger partial charge in [0, 0.05) is 13.2 Å². The first kappa shape index (κ1) is 8.96. The fourth-order valence-electron chi connectivity index (χ4n) is 1.55. The second-order valence-electron chi connectivity index (χ2n) is 3.06. The second-order valence-corrected chi connectivity index (χ2v) is 3.06. The maximum Gasteiger partial charge on any atom is 0.330 e. The topological polar surface area (TPSA) is 60.0 Å². The molecule has 0 aliphatic carbocycles. The van der Waals surface area contributed by atoms with E-state index in [1.54, 1.807) is 19.3 Å². The lowest BCUT2D eigenvalue weighted by Crippen LogP contribution is -2.23. The van der Waals surface area contributed by atoms with Crippen molar-refractivity contribution in [1.29, 1.82) is 0 Å². The van der Waals surface area contributed by atoms with Crippen molar-refractivity contribution in [3.8, 4) is 0 Å². The number of nitrogens with zero attached hydrogens (tertiary/aromatic N) is 3. The van der Waals surface area contributed by atoms with Crippen molar-refractivity contribution in [2.45, 2.75) is 6.54 Å². The summed E-state index contributed by atoms with van der Waals surface area (Å²) in [5.74, 6) is 0. The van der Waals surface area contributed by atoms with Crippen LogP contribution in [-0.2, 0) is 13.6 Å². The molecule has 2 rings (SSSR count). The van der Waals surface area contributed by atoms with Gasteiger partial charge in [0.15, 0.2) is 5.65 Å². The Balaban J connectivity index is 2.81. The number of hydrogen-bond acceptors (Lipinski definition) is 3. The molecule has 2 aromatic rings. The molecular formula is C9H11N3O2. The highest BCUT2D eigenvalue weighted by Gasteiger charge is 2.09. The molecule has 0 unspecified atom stereocenters. The minimum atomic E-state index is -0.146.